The first-order chi connectivity index (χ1) is 8.65. The molecule has 2 amide bonds. The van der Waals surface area contributed by atoms with Gasteiger partial charge in [0.15, 0.2) is 0 Å². The highest BCUT2D eigenvalue weighted by Gasteiger charge is 2.31. The van der Waals surface area contributed by atoms with Crippen molar-refractivity contribution >= 4 is 6.03 Å². The molecule has 1 aromatic carbocycles. The molecule has 0 unspecified atom stereocenters. The van der Waals surface area contributed by atoms with E-state index in [0.717, 1.165) is 18.4 Å². The van der Waals surface area contributed by atoms with Crippen molar-refractivity contribution in [1.29, 1.82) is 0 Å². The molecule has 98 valence electrons. The average Bonchev–Trinajstić information content (AvgIpc) is 2.32. The minimum Gasteiger partial charge on any atom is -0.374 e. The summed E-state index contributed by atoms with van der Waals surface area (Å²) < 4.78 is 5.72. The fraction of sp³-hybridized carbons (Fsp3) is 0.462. The van der Waals surface area contributed by atoms with E-state index < -0.39 is 6.03 Å². The molecule has 1 saturated carbocycles. The number of hydrogen-bond donors (Lipinski definition) is 2. The number of rotatable bonds is 5. The number of hydrogen-bond acceptors (Lipinski definition) is 3. The molecular weight excluding hydrogens is 232 g/mol. The van der Waals surface area contributed by atoms with E-state index in [0.29, 0.717) is 18.2 Å². The number of nitrogens with zero attached hydrogens (tertiary/aromatic N) is 1. The van der Waals surface area contributed by atoms with Crippen LogP contribution in [0.1, 0.15) is 18.4 Å². The molecule has 0 aromatic heterocycles. The topological polar surface area (TPSA) is 75.8 Å². The van der Waals surface area contributed by atoms with Gasteiger partial charge in [0.1, 0.15) is 0 Å². The summed E-state index contributed by atoms with van der Waals surface area (Å²) in [5, 5.41) is 9.74. The van der Waals surface area contributed by atoms with Crippen molar-refractivity contribution in [2.75, 3.05) is 6.54 Å². The van der Waals surface area contributed by atoms with Gasteiger partial charge in [-0.1, -0.05) is 30.3 Å². The number of amides is 2. The number of nitrogens with two attached hydrogens (primary N) is 1. The smallest absolute Gasteiger partial charge is 0.338 e. The first kappa shape index (κ1) is 12.9. The summed E-state index contributed by atoms with van der Waals surface area (Å²) in [6, 6.07) is 9.20. The summed E-state index contributed by atoms with van der Waals surface area (Å²) in [4.78, 5) is 10.6. The van der Waals surface area contributed by atoms with Crippen molar-refractivity contribution in [1.82, 2.24) is 5.06 Å². The van der Waals surface area contributed by atoms with E-state index in [9.17, 15) is 10.0 Å². The van der Waals surface area contributed by atoms with Gasteiger partial charge in [0.2, 0.25) is 0 Å². The standard InChI is InChI=1S/C13H18N2O3/c14-13(16)15(17)8-11-6-12(7-11)18-9-10-4-2-1-3-5-10/h1-5,11-12,17H,6-9H2,(H2,14,16). The number of carbonyl (C=O) groups excluding carboxylic acids is 1. The van der Waals surface area contributed by atoms with Gasteiger partial charge in [-0.05, 0) is 24.3 Å². The van der Waals surface area contributed by atoms with Crippen LogP contribution in [0.2, 0.25) is 0 Å². The van der Waals surface area contributed by atoms with Crippen LogP contribution in [-0.4, -0.2) is 29.0 Å². The lowest BCUT2D eigenvalue weighted by atomic mass is 9.82. The molecule has 0 heterocycles. The summed E-state index contributed by atoms with van der Waals surface area (Å²) >= 11 is 0. The zero-order valence-corrected chi connectivity index (χ0v) is 10.2. The Hall–Kier alpha value is -1.59. The van der Waals surface area contributed by atoms with Gasteiger partial charge in [0, 0.05) is 0 Å². The Morgan fingerprint density at radius 1 is 1.39 bits per heavy atom. The second-order valence-corrected chi connectivity index (χ2v) is 4.68. The molecule has 1 aliphatic rings. The zero-order chi connectivity index (χ0) is 13.0. The highest BCUT2D eigenvalue weighted by molar-refractivity contribution is 5.70. The second kappa shape index (κ2) is 5.84. The predicted octanol–water partition coefficient (Wildman–Crippen LogP) is 1.75. The molecule has 0 radical (unpaired) electrons. The van der Waals surface area contributed by atoms with E-state index in [1.807, 2.05) is 30.3 Å². The Bertz CT molecular complexity index is 390. The third-order valence-corrected chi connectivity index (χ3v) is 3.21. The number of primary amides is 1. The molecule has 0 aliphatic heterocycles. The van der Waals surface area contributed by atoms with E-state index in [1.54, 1.807) is 0 Å². The molecule has 0 atom stereocenters. The quantitative estimate of drug-likeness (QED) is 0.617. The van der Waals surface area contributed by atoms with Crippen LogP contribution >= 0.6 is 0 Å². The number of ether oxygens (including phenoxy) is 1. The number of benzene rings is 1. The lowest BCUT2D eigenvalue weighted by Gasteiger charge is -2.36. The molecule has 2 rings (SSSR count). The van der Waals surface area contributed by atoms with Gasteiger partial charge in [-0.15, -0.1) is 0 Å². The molecule has 0 spiro atoms. The fourth-order valence-electron chi connectivity index (χ4n) is 2.08. The molecular formula is C13H18N2O3. The molecule has 1 aromatic rings. The largest absolute Gasteiger partial charge is 0.374 e. The number of hydroxylamine groups is 2. The molecule has 0 saturated heterocycles. The summed E-state index contributed by atoms with van der Waals surface area (Å²) in [5.41, 5.74) is 6.09. The Labute approximate surface area is 106 Å². The lowest BCUT2D eigenvalue weighted by molar-refractivity contribution is -0.0937. The third kappa shape index (κ3) is 3.45. The van der Waals surface area contributed by atoms with Gasteiger partial charge >= 0.3 is 6.03 Å². The molecule has 1 fully saturated rings. The summed E-state index contributed by atoms with van der Waals surface area (Å²) in [6.07, 6.45) is 1.94. The minimum absolute atomic E-state index is 0.219. The van der Waals surface area contributed by atoms with Crippen molar-refractivity contribution in [2.24, 2.45) is 11.7 Å². The van der Waals surface area contributed by atoms with Gasteiger partial charge in [-0.2, -0.15) is 0 Å². The Balaban J connectivity index is 1.63. The minimum atomic E-state index is -0.802. The van der Waals surface area contributed by atoms with Gasteiger partial charge in [0.25, 0.3) is 0 Å². The normalized spacial score (nSPS) is 22.3. The monoisotopic (exact) mass is 250 g/mol. The summed E-state index contributed by atoms with van der Waals surface area (Å²) in [5.74, 6) is 0.281. The Kier molecular flexibility index (Phi) is 4.17. The molecule has 1 aliphatic carbocycles. The summed E-state index contributed by atoms with van der Waals surface area (Å²) in [6.45, 7) is 0.900. The summed E-state index contributed by atoms with van der Waals surface area (Å²) in [7, 11) is 0. The number of urea groups is 1. The van der Waals surface area contributed by atoms with Gasteiger partial charge in [-0.25, -0.2) is 9.86 Å². The van der Waals surface area contributed by atoms with E-state index >= 15 is 0 Å². The average molecular weight is 250 g/mol. The predicted molar refractivity (Wildman–Crippen MR) is 65.8 cm³/mol. The molecule has 5 nitrogen and oxygen atoms in total. The van der Waals surface area contributed by atoms with E-state index in [4.69, 9.17) is 10.5 Å². The van der Waals surface area contributed by atoms with Crippen LogP contribution in [-0.2, 0) is 11.3 Å². The van der Waals surface area contributed by atoms with E-state index in [-0.39, 0.29) is 12.0 Å². The van der Waals surface area contributed by atoms with Crippen molar-refractivity contribution in [3.05, 3.63) is 35.9 Å². The highest BCUT2D eigenvalue weighted by Crippen LogP contribution is 2.31. The van der Waals surface area contributed by atoms with E-state index in [1.165, 1.54) is 0 Å². The third-order valence-electron chi connectivity index (χ3n) is 3.21. The van der Waals surface area contributed by atoms with Crippen LogP contribution in [0.5, 0.6) is 0 Å². The fourth-order valence-corrected chi connectivity index (χ4v) is 2.08. The maximum atomic E-state index is 10.6. The van der Waals surface area contributed by atoms with Gasteiger partial charge in [0.05, 0.1) is 19.3 Å². The Morgan fingerprint density at radius 2 is 2.06 bits per heavy atom. The second-order valence-electron chi connectivity index (χ2n) is 4.68. The first-order valence-electron chi connectivity index (χ1n) is 6.06. The van der Waals surface area contributed by atoms with Crippen molar-refractivity contribution < 1.29 is 14.7 Å². The van der Waals surface area contributed by atoms with Gasteiger partial charge in [-0.3, -0.25) is 5.21 Å². The number of carbonyl (C=O) groups is 1. The lowest BCUT2D eigenvalue weighted by Crippen LogP contribution is -2.42. The zero-order valence-electron chi connectivity index (χ0n) is 10.2. The van der Waals surface area contributed by atoms with Crippen LogP contribution in [0.15, 0.2) is 30.3 Å². The molecule has 5 heteroatoms. The van der Waals surface area contributed by atoms with Crippen molar-refractivity contribution in [3.63, 3.8) is 0 Å². The maximum Gasteiger partial charge on any atom is 0.338 e. The van der Waals surface area contributed by atoms with Crippen molar-refractivity contribution in [3.8, 4) is 0 Å². The van der Waals surface area contributed by atoms with Crippen LogP contribution in [0.3, 0.4) is 0 Å². The molecule has 3 N–H and O–H groups in total. The van der Waals surface area contributed by atoms with Crippen LogP contribution in [0.4, 0.5) is 4.79 Å². The molecule has 18 heavy (non-hydrogen) atoms. The van der Waals surface area contributed by atoms with Crippen LogP contribution in [0.25, 0.3) is 0 Å². The first-order valence-corrected chi connectivity index (χ1v) is 6.06. The SMILES string of the molecule is NC(=O)N(O)CC1CC(OCc2ccccc2)C1. The maximum absolute atomic E-state index is 10.6. The van der Waals surface area contributed by atoms with Gasteiger partial charge < -0.3 is 10.5 Å². The van der Waals surface area contributed by atoms with Crippen LogP contribution in [0, 0.1) is 5.92 Å². The van der Waals surface area contributed by atoms with Crippen LogP contribution < -0.4 is 5.73 Å². The Morgan fingerprint density at radius 3 is 2.67 bits per heavy atom. The highest BCUT2D eigenvalue weighted by atomic mass is 16.5. The van der Waals surface area contributed by atoms with E-state index in [2.05, 4.69) is 0 Å². The molecule has 0 bridgehead atoms. The van der Waals surface area contributed by atoms with Crippen molar-refractivity contribution in [2.45, 2.75) is 25.6 Å².